The van der Waals surface area contributed by atoms with Crippen LogP contribution < -0.4 is 10.5 Å². The summed E-state index contributed by atoms with van der Waals surface area (Å²) in [5.41, 5.74) is 7.31. The average Bonchev–Trinajstić information content (AvgIpc) is 2.17. The molecule has 0 aliphatic carbocycles. The molecule has 3 heteroatoms. The first kappa shape index (κ1) is 11.7. The number of aryl methyl sites for hydroxylation is 1. The molecule has 0 fully saturated rings. The van der Waals surface area contributed by atoms with E-state index >= 15 is 0 Å². The normalized spacial score (nSPS) is 10.5. The molecule has 0 unspecified atom stereocenters. The maximum absolute atomic E-state index is 11.1. The number of benzene rings is 1. The monoisotopic (exact) mass is 207 g/mol. The van der Waals surface area contributed by atoms with Gasteiger partial charge in [0.25, 0.3) is 0 Å². The van der Waals surface area contributed by atoms with Gasteiger partial charge in [0, 0.05) is 0 Å². The maximum Gasteiger partial charge on any atom is 0.325 e. The number of carbonyl (C=O) groups is 1. The van der Waals surface area contributed by atoms with Crippen molar-refractivity contribution in [2.24, 2.45) is 5.73 Å². The predicted octanol–water partition coefficient (Wildman–Crippen LogP) is 1.98. The molecule has 0 aromatic heterocycles. The van der Waals surface area contributed by atoms with Crippen LogP contribution >= 0.6 is 0 Å². The molecule has 0 aliphatic heterocycles. The van der Waals surface area contributed by atoms with Gasteiger partial charge in [0.1, 0.15) is 5.75 Å². The average molecular weight is 207 g/mol. The second-order valence-electron chi connectivity index (χ2n) is 3.87. The lowest BCUT2D eigenvalue weighted by Gasteiger charge is -2.12. The first-order valence-corrected chi connectivity index (χ1v) is 5.06. The number of ether oxygens (including phenoxy) is 1. The summed E-state index contributed by atoms with van der Waals surface area (Å²) in [5.74, 6) is 0.550. The van der Waals surface area contributed by atoms with Crippen molar-refractivity contribution in [2.75, 3.05) is 6.54 Å². The van der Waals surface area contributed by atoms with Crippen LogP contribution in [0.5, 0.6) is 5.75 Å². The standard InChI is InChI=1S/C12H17NO2/c1-8(2)10-5-4-9(3)6-11(10)15-12(14)7-13/h4-6,8H,7,13H2,1-3H3. The van der Waals surface area contributed by atoms with E-state index in [2.05, 4.69) is 13.8 Å². The molecule has 0 spiro atoms. The highest BCUT2D eigenvalue weighted by molar-refractivity contribution is 5.74. The van der Waals surface area contributed by atoms with Crippen LogP contribution in [0.4, 0.5) is 0 Å². The van der Waals surface area contributed by atoms with Crippen LogP contribution in [0.3, 0.4) is 0 Å². The smallest absolute Gasteiger partial charge is 0.325 e. The van der Waals surface area contributed by atoms with Crippen molar-refractivity contribution in [2.45, 2.75) is 26.7 Å². The van der Waals surface area contributed by atoms with Crippen LogP contribution in [0.1, 0.15) is 30.9 Å². The molecule has 0 heterocycles. The lowest BCUT2D eigenvalue weighted by molar-refractivity contribution is -0.132. The van der Waals surface area contributed by atoms with E-state index in [-0.39, 0.29) is 6.54 Å². The third-order valence-electron chi connectivity index (χ3n) is 2.18. The van der Waals surface area contributed by atoms with Gasteiger partial charge in [-0.15, -0.1) is 0 Å². The van der Waals surface area contributed by atoms with E-state index in [0.29, 0.717) is 11.7 Å². The number of rotatable bonds is 3. The second kappa shape index (κ2) is 4.94. The van der Waals surface area contributed by atoms with Gasteiger partial charge < -0.3 is 10.5 Å². The Bertz CT molecular complexity index is 359. The van der Waals surface area contributed by atoms with E-state index in [1.807, 2.05) is 25.1 Å². The minimum absolute atomic E-state index is 0.0918. The zero-order valence-electron chi connectivity index (χ0n) is 9.41. The maximum atomic E-state index is 11.1. The highest BCUT2D eigenvalue weighted by Crippen LogP contribution is 2.27. The van der Waals surface area contributed by atoms with E-state index in [9.17, 15) is 4.79 Å². The highest BCUT2D eigenvalue weighted by atomic mass is 16.5. The van der Waals surface area contributed by atoms with Crippen molar-refractivity contribution >= 4 is 5.97 Å². The number of nitrogens with two attached hydrogens (primary N) is 1. The van der Waals surface area contributed by atoms with E-state index < -0.39 is 5.97 Å². The molecular weight excluding hydrogens is 190 g/mol. The third kappa shape index (κ3) is 3.06. The molecule has 0 bridgehead atoms. The van der Waals surface area contributed by atoms with Crippen molar-refractivity contribution in [3.05, 3.63) is 29.3 Å². The molecule has 82 valence electrons. The molecule has 0 saturated carbocycles. The first-order chi connectivity index (χ1) is 7.04. The predicted molar refractivity (Wildman–Crippen MR) is 60.0 cm³/mol. The molecule has 1 rings (SSSR count). The van der Waals surface area contributed by atoms with Crippen LogP contribution in [-0.2, 0) is 4.79 Å². The number of esters is 1. The fraction of sp³-hybridized carbons (Fsp3) is 0.417. The lowest BCUT2D eigenvalue weighted by Crippen LogP contribution is -2.20. The molecule has 0 aliphatic rings. The zero-order valence-corrected chi connectivity index (χ0v) is 9.41. The van der Waals surface area contributed by atoms with Gasteiger partial charge in [0.05, 0.1) is 6.54 Å². The SMILES string of the molecule is Cc1ccc(C(C)C)c(OC(=O)CN)c1. The summed E-state index contributed by atoms with van der Waals surface area (Å²) in [6, 6.07) is 5.86. The second-order valence-corrected chi connectivity index (χ2v) is 3.87. The molecule has 1 aromatic carbocycles. The molecule has 0 amide bonds. The van der Waals surface area contributed by atoms with Gasteiger partial charge >= 0.3 is 5.97 Å². The van der Waals surface area contributed by atoms with Gasteiger partial charge in [0.15, 0.2) is 0 Å². The zero-order chi connectivity index (χ0) is 11.4. The summed E-state index contributed by atoms with van der Waals surface area (Å²) in [6.45, 7) is 5.99. The molecule has 0 atom stereocenters. The Hall–Kier alpha value is -1.35. The van der Waals surface area contributed by atoms with E-state index in [0.717, 1.165) is 11.1 Å². The quantitative estimate of drug-likeness (QED) is 0.609. The molecule has 15 heavy (non-hydrogen) atoms. The topological polar surface area (TPSA) is 52.3 Å². The Morgan fingerprint density at radius 1 is 1.47 bits per heavy atom. The van der Waals surface area contributed by atoms with Gasteiger partial charge in [-0.1, -0.05) is 26.0 Å². The van der Waals surface area contributed by atoms with Gasteiger partial charge in [-0.25, -0.2) is 0 Å². The van der Waals surface area contributed by atoms with Crippen molar-refractivity contribution in [1.82, 2.24) is 0 Å². The van der Waals surface area contributed by atoms with Crippen molar-refractivity contribution < 1.29 is 9.53 Å². The summed E-state index contributed by atoms with van der Waals surface area (Å²) >= 11 is 0. The Kier molecular flexibility index (Phi) is 3.86. The molecule has 0 saturated heterocycles. The Morgan fingerprint density at radius 3 is 2.67 bits per heavy atom. The van der Waals surface area contributed by atoms with Crippen molar-refractivity contribution in [3.63, 3.8) is 0 Å². The molecule has 1 aromatic rings. The van der Waals surface area contributed by atoms with Crippen LogP contribution in [0, 0.1) is 6.92 Å². The van der Waals surface area contributed by atoms with Crippen LogP contribution in [-0.4, -0.2) is 12.5 Å². The Balaban J connectivity index is 3.02. The van der Waals surface area contributed by atoms with E-state index in [1.165, 1.54) is 0 Å². The van der Waals surface area contributed by atoms with E-state index in [4.69, 9.17) is 10.5 Å². The first-order valence-electron chi connectivity index (χ1n) is 5.06. The minimum Gasteiger partial charge on any atom is -0.425 e. The molecule has 2 N–H and O–H groups in total. The van der Waals surface area contributed by atoms with Crippen molar-refractivity contribution in [1.29, 1.82) is 0 Å². The highest BCUT2D eigenvalue weighted by Gasteiger charge is 2.10. The lowest BCUT2D eigenvalue weighted by atomic mass is 10.0. The fourth-order valence-corrected chi connectivity index (χ4v) is 1.37. The number of hydrogen-bond acceptors (Lipinski definition) is 3. The summed E-state index contributed by atoms with van der Waals surface area (Å²) in [7, 11) is 0. The van der Waals surface area contributed by atoms with Gasteiger partial charge in [-0.2, -0.15) is 0 Å². The largest absolute Gasteiger partial charge is 0.425 e. The van der Waals surface area contributed by atoms with Crippen molar-refractivity contribution in [3.8, 4) is 5.75 Å². The molecule has 0 radical (unpaired) electrons. The molecular formula is C12H17NO2. The Morgan fingerprint density at radius 2 is 2.13 bits per heavy atom. The number of carbonyl (C=O) groups excluding carboxylic acids is 1. The summed E-state index contributed by atoms with van der Waals surface area (Å²) in [5, 5.41) is 0. The van der Waals surface area contributed by atoms with Crippen LogP contribution in [0.15, 0.2) is 18.2 Å². The summed E-state index contributed by atoms with van der Waals surface area (Å²) < 4.78 is 5.17. The van der Waals surface area contributed by atoms with Crippen LogP contribution in [0.25, 0.3) is 0 Å². The number of hydrogen-bond donors (Lipinski definition) is 1. The van der Waals surface area contributed by atoms with Gasteiger partial charge in [-0.3, -0.25) is 4.79 Å². The minimum atomic E-state index is -0.400. The summed E-state index contributed by atoms with van der Waals surface area (Å²) in [6.07, 6.45) is 0. The fourth-order valence-electron chi connectivity index (χ4n) is 1.37. The van der Waals surface area contributed by atoms with Crippen LogP contribution in [0.2, 0.25) is 0 Å². The van der Waals surface area contributed by atoms with Gasteiger partial charge in [0.2, 0.25) is 0 Å². The van der Waals surface area contributed by atoms with E-state index in [1.54, 1.807) is 0 Å². The summed E-state index contributed by atoms with van der Waals surface area (Å²) in [4.78, 5) is 11.1. The third-order valence-corrected chi connectivity index (χ3v) is 2.18. The Labute approximate surface area is 90.2 Å². The molecule has 3 nitrogen and oxygen atoms in total. The van der Waals surface area contributed by atoms with Gasteiger partial charge in [-0.05, 0) is 30.0 Å².